The Labute approximate surface area is 139 Å². The van der Waals surface area contributed by atoms with Gasteiger partial charge >= 0.3 is 17.9 Å². The van der Waals surface area contributed by atoms with Gasteiger partial charge in [-0.3, -0.25) is 19.2 Å². The highest BCUT2D eigenvalue weighted by molar-refractivity contribution is 5.73. The van der Waals surface area contributed by atoms with Crippen molar-refractivity contribution in [2.75, 3.05) is 6.61 Å². The summed E-state index contributed by atoms with van der Waals surface area (Å²) >= 11 is 0. The summed E-state index contributed by atoms with van der Waals surface area (Å²) in [4.78, 5) is 45.3. The summed E-state index contributed by atoms with van der Waals surface area (Å²) in [7, 11) is 0. The standard InChI is InChI=1S/C15H23NO8/c1-7-13(16-8(2)17)15(24-11(5)20)14(23-10(4)19)12(22-7)6-21-9(3)18/h7,12-15H,6H2,1-5H3,(H,16,17)/t7-,12+,13-,14+,15+/m0/s1. The van der Waals surface area contributed by atoms with E-state index in [1.165, 1.54) is 27.7 Å². The van der Waals surface area contributed by atoms with E-state index >= 15 is 0 Å². The molecule has 9 heteroatoms. The number of ether oxygens (including phenoxy) is 4. The lowest BCUT2D eigenvalue weighted by Crippen LogP contribution is -2.65. The fourth-order valence-electron chi connectivity index (χ4n) is 2.56. The van der Waals surface area contributed by atoms with Crippen molar-refractivity contribution in [1.29, 1.82) is 0 Å². The molecule has 1 N–H and O–H groups in total. The van der Waals surface area contributed by atoms with Gasteiger partial charge in [0.05, 0.1) is 12.1 Å². The molecule has 9 nitrogen and oxygen atoms in total. The topological polar surface area (TPSA) is 117 Å². The van der Waals surface area contributed by atoms with Crippen molar-refractivity contribution in [2.45, 2.75) is 65.1 Å². The normalized spacial score (nSPS) is 29.3. The first kappa shape index (κ1) is 19.9. The zero-order chi connectivity index (χ0) is 18.4. The molecule has 0 saturated carbocycles. The molecule has 1 fully saturated rings. The maximum Gasteiger partial charge on any atom is 0.303 e. The zero-order valence-corrected chi connectivity index (χ0v) is 14.4. The van der Waals surface area contributed by atoms with Crippen LogP contribution in [0.3, 0.4) is 0 Å². The largest absolute Gasteiger partial charge is 0.463 e. The minimum atomic E-state index is -1.03. The van der Waals surface area contributed by atoms with E-state index in [2.05, 4.69) is 5.32 Å². The highest BCUT2D eigenvalue weighted by Gasteiger charge is 2.49. The van der Waals surface area contributed by atoms with Crippen LogP contribution >= 0.6 is 0 Å². The van der Waals surface area contributed by atoms with Crippen molar-refractivity contribution < 1.29 is 38.1 Å². The van der Waals surface area contributed by atoms with Crippen LogP contribution in [0.5, 0.6) is 0 Å². The molecule has 1 amide bonds. The predicted molar refractivity (Wildman–Crippen MR) is 79.7 cm³/mol. The van der Waals surface area contributed by atoms with Crippen LogP contribution in [0.2, 0.25) is 0 Å². The van der Waals surface area contributed by atoms with Gasteiger partial charge in [0.25, 0.3) is 0 Å². The molecule has 0 aromatic carbocycles. The molecule has 0 radical (unpaired) electrons. The Bertz CT molecular complexity index is 506. The molecule has 1 saturated heterocycles. The van der Waals surface area contributed by atoms with Crippen LogP contribution in [0, 0.1) is 0 Å². The van der Waals surface area contributed by atoms with Crippen molar-refractivity contribution in [1.82, 2.24) is 5.32 Å². The molecule has 0 spiro atoms. The third-order valence-corrected chi connectivity index (χ3v) is 3.36. The lowest BCUT2D eigenvalue weighted by atomic mass is 9.92. The summed E-state index contributed by atoms with van der Waals surface area (Å²) in [6.45, 7) is 6.43. The first-order chi connectivity index (χ1) is 11.1. The van der Waals surface area contributed by atoms with Crippen molar-refractivity contribution >= 4 is 23.8 Å². The lowest BCUT2D eigenvalue weighted by molar-refractivity contribution is -0.221. The lowest BCUT2D eigenvalue weighted by Gasteiger charge is -2.44. The molecule has 24 heavy (non-hydrogen) atoms. The number of amides is 1. The van der Waals surface area contributed by atoms with Gasteiger partial charge in [0.2, 0.25) is 5.91 Å². The van der Waals surface area contributed by atoms with E-state index in [0.717, 1.165) is 0 Å². The molecule has 0 bridgehead atoms. The minimum absolute atomic E-state index is 0.178. The van der Waals surface area contributed by atoms with E-state index in [1.807, 2.05) is 0 Å². The third-order valence-electron chi connectivity index (χ3n) is 3.36. The second kappa shape index (κ2) is 8.62. The molecule has 0 aromatic heterocycles. The Balaban J connectivity index is 3.11. The maximum absolute atomic E-state index is 11.5. The van der Waals surface area contributed by atoms with Crippen molar-refractivity contribution in [3.05, 3.63) is 0 Å². The summed E-state index contributed by atoms with van der Waals surface area (Å²) in [5, 5.41) is 2.64. The van der Waals surface area contributed by atoms with Gasteiger partial charge < -0.3 is 24.3 Å². The number of esters is 3. The Morgan fingerprint density at radius 2 is 1.46 bits per heavy atom. The molecule has 0 unspecified atom stereocenters. The van der Waals surface area contributed by atoms with Crippen molar-refractivity contribution in [2.24, 2.45) is 0 Å². The van der Waals surface area contributed by atoms with E-state index < -0.39 is 48.4 Å². The number of carbonyl (C=O) groups is 4. The van der Waals surface area contributed by atoms with E-state index in [9.17, 15) is 19.2 Å². The van der Waals surface area contributed by atoms with E-state index in [0.29, 0.717) is 0 Å². The highest BCUT2D eigenvalue weighted by Crippen LogP contribution is 2.26. The van der Waals surface area contributed by atoms with Gasteiger partial charge in [-0.1, -0.05) is 0 Å². The molecule has 1 heterocycles. The Hall–Kier alpha value is -2.16. The number of hydrogen-bond donors (Lipinski definition) is 1. The van der Waals surface area contributed by atoms with Gasteiger partial charge in [-0.05, 0) is 6.92 Å². The van der Waals surface area contributed by atoms with Crippen LogP contribution in [0.4, 0.5) is 0 Å². The zero-order valence-electron chi connectivity index (χ0n) is 14.4. The SMILES string of the molecule is CC(=O)N[C@@H]1[C@@H](OC(C)=O)[C@H](OC(C)=O)[C@@H](COC(C)=O)O[C@H]1C. The van der Waals surface area contributed by atoms with Gasteiger partial charge in [0, 0.05) is 27.7 Å². The Morgan fingerprint density at radius 3 is 1.92 bits per heavy atom. The Morgan fingerprint density at radius 1 is 0.917 bits per heavy atom. The molecule has 136 valence electrons. The second-order valence-electron chi connectivity index (χ2n) is 5.56. The quantitative estimate of drug-likeness (QED) is 0.533. The highest BCUT2D eigenvalue weighted by atomic mass is 16.6. The van der Waals surface area contributed by atoms with Gasteiger partial charge in [0.1, 0.15) is 12.7 Å². The summed E-state index contributed by atoms with van der Waals surface area (Å²) < 4.78 is 21.1. The van der Waals surface area contributed by atoms with Crippen LogP contribution < -0.4 is 5.32 Å². The van der Waals surface area contributed by atoms with Crippen LogP contribution in [0.1, 0.15) is 34.6 Å². The molecule has 5 atom stereocenters. The second-order valence-corrected chi connectivity index (χ2v) is 5.56. The number of carbonyl (C=O) groups excluding carboxylic acids is 4. The number of hydrogen-bond acceptors (Lipinski definition) is 8. The van der Waals surface area contributed by atoms with E-state index in [1.54, 1.807) is 6.92 Å². The smallest absolute Gasteiger partial charge is 0.303 e. The summed E-state index contributed by atoms with van der Waals surface area (Å²) in [5.41, 5.74) is 0. The van der Waals surface area contributed by atoms with Crippen molar-refractivity contribution in [3.8, 4) is 0 Å². The van der Waals surface area contributed by atoms with Crippen molar-refractivity contribution in [3.63, 3.8) is 0 Å². The molecule has 1 aliphatic rings. The van der Waals surface area contributed by atoms with E-state index in [-0.39, 0.29) is 12.5 Å². The van der Waals surface area contributed by atoms with Crippen LogP contribution in [0.15, 0.2) is 0 Å². The average molecular weight is 345 g/mol. The molecule has 1 rings (SSSR count). The molecular weight excluding hydrogens is 322 g/mol. The Kier molecular flexibility index (Phi) is 7.15. The average Bonchev–Trinajstić information content (AvgIpc) is 2.42. The monoisotopic (exact) mass is 345 g/mol. The summed E-state index contributed by atoms with van der Waals surface area (Å²) in [5.74, 6) is -2.11. The summed E-state index contributed by atoms with van der Waals surface area (Å²) in [6.07, 6.45) is -3.40. The van der Waals surface area contributed by atoms with Gasteiger partial charge in [-0.15, -0.1) is 0 Å². The van der Waals surface area contributed by atoms with Gasteiger partial charge in [0.15, 0.2) is 12.2 Å². The molecule has 1 aliphatic heterocycles. The maximum atomic E-state index is 11.5. The number of nitrogens with one attached hydrogen (secondary N) is 1. The minimum Gasteiger partial charge on any atom is -0.463 e. The third kappa shape index (κ3) is 5.80. The van der Waals surface area contributed by atoms with Crippen LogP contribution in [-0.4, -0.2) is 60.9 Å². The molecular formula is C15H23NO8. The fourth-order valence-corrected chi connectivity index (χ4v) is 2.56. The van der Waals surface area contributed by atoms with Crippen LogP contribution in [0.25, 0.3) is 0 Å². The summed E-state index contributed by atoms with van der Waals surface area (Å²) in [6, 6.07) is -0.718. The van der Waals surface area contributed by atoms with E-state index in [4.69, 9.17) is 18.9 Å². The molecule has 0 aromatic rings. The first-order valence-electron chi connectivity index (χ1n) is 7.52. The van der Waals surface area contributed by atoms with Gasteiger partial charge in [-0.2, -0.15) is 0 Å². The number of rotatable bonds is 5. The fraction of sp³-hybridized carbons (Fsp3) is 0.733. The molecule has 0 aliphatic carbocycles. The van der Waals surface area contributed by atoms with Gasteiger partial charge in [-0.25, -0.2) is 0 Å². The van der Waals surface area contributed by atoms with Crippen LogP contribution in [-0.2, 0) is 38.1 Å². The first-order valence-corrected chi connectivity index (χ1v) is 7.52. The predicted octanol–water partition coefficient (Wildman–Crippen LogP) is -0.295.